The number of rotatable bonds is 5. The zero-order valence-electron chi connectivity index (χ0n) is 11.7. The quantitative estimate of drug-likeness (QED) is 0.473. The van der Waals surface area contributed by atoms with Crippen molar-refractivity contribution in [2.24, 2.45) is 5.10 Å². The summed E-state index contributed by atoms with van der Waals surface area (Å²) in [7, 11) is 0. The highest BCUT2D eigenvalue weighted by molar-refractivity contribution is 9.11. The molecule has 0 amide bonds. The van der Waals surface area contributed by atoms with Gasteiger partial charge in [0.25, 0.3) is 0 Å². The van der Waals surface area contributed by atoms with Gasteiger partial charge in [-0.1, -0.05) is 13.3 Å². The Balaban J connectivity index is 2.38. The summed E-state index contributed by atoms with van der Waals surface area (Å²) < 4.78 is 2.56. The van der Waals surface area contributed by atoms with E-state index in [2.05, 4.69) is 54.1 Å². The fourth-order valence-corrected chi connectivity index (χ4v) is 3.13. The number of benzene rings is 1. The van der Waals surface area contributed by atoms with Gasteiger partial charge in [0.05, 0.1) is 10.7 Å². The highest BCUT2D eigenvalue weighted by Crippen LogP contribution is 2.40. The van der Waals surface area contributed by atoms with Gasteiger partial charge in [-0.25, -0.2) is 0 Å². The van der Waals surface area contributed by atoms with Crippen molar-refractivity contribution in [3.63, 3.8) is 0 Å². The number of halogens is 2. The van der Waals surface area contributed by atoms with Gasteiger partial charge in [0.1, 0.15) is 16.0 Å². The largest absolute Gasteiger partial charge is 0.506 e. The molecule has 1 aromatic heterocycles. The van der Waals surface area contributed by atoms with Crippen molar-refractivity contribution < 1.29 is 10.2 Å². The van der Waals surface area contributed by atoms with E-state index in [1.807, 2.05) is 0 Å². The second kappa shape index (κ2) is 7.38. The van der Waals surface area contributed by atoms with Crippen LogP contribution < -0.4 is 0 Å². The van der Waals surface area contributed by atoms with Crippen LogP contribution in [-0.4, -0.2) is 31.3 Å². The molecule has 0 atom stereocenters. The first kappa shape index (κ1) is 17.2. The Bertz CT molecular complexity index is 770. The van der Waals surface area contributed by atoms with Gasteiger partial charge in [-0.05, 0) is 56.6 Å². The van der Waals surface area contributed by atoms with Gasteiger partial charge >= 0.3 is 0 Å². The van der Waals surface area contributed by atoms with Gasteiger partial charge in [0.2, 0.25) is 4.77 Å². The standard InChI is InChI=1S/C13H14Br2N4O2S/c1-2-3-4-9-17-18-13(22)19(9)16-6-7-5-8(14)12(21)10(15)11(7)20/h5-6,20-21H,2-4H2,1H3,(H,18,22)/b16-6-. The fourth-order valence-electron chi connectivity index (χ4n) is 1.78. The van der Waals surface area contributed by atoms with Gasteiger partial charge in [0, 0.05) is 12.0 Å². The number of nitrogens with zero attached hydrogens (tertiary/aromatic N) is 3. The summed E-state index contributed by atoms with van der Waals surface area (Å²) in [6.45, 7) is 2.10. The van der Waals surface area contributed by atoms with Gasteiger partial charge < -0.3 is 10.2 Å². The van der Waals surface area contributed by atoms with Crippen LogP contribution in [0.15, 0.2) is 20.1 Å². The van der Waals surface area contributed by atoms with E-state index in [0.717, 1.165) is 25.1 Å². The number of aromatic amines is 1. The van der Waals surface area contributed by atoms with Crippen LogP contribution >= 0.6 is 44.1 Å². The van der Waals surface area contributed by atoms with Crippen LogP contribution in [0.5, 0.6) is 11.5 Å². The summed E-state index contributed by atoms with van der Waals surface area (Å²) in [6.07, 6.45) is 4.25. The molecule has 0 aliphatic heterocycles. The molecule has 0 aliphatic carbocycles. The Hall–Kier alpha value is -1.19. The van der Waals surface area contributed by atoms with Crippen LogP contribution in [0, 0.1) is 4.77 Å². The predicted molar refractivity (Wildman–Crippen MR) is 94.2 cm³/mol. The minimum absolute atomic E-state index is 0.0711. The smallest absolute Gasteiger partial charge is 0.216 e. The molecule has 2 aromatic rings. The van der Waals surface area contributed by atoms with Gasteiger partial charge in [0.15, 0.2) is 5.82 Å². The van der Waals surface area contributed by atoms with Crippen molar-refractivity contribution in [2.75, 3.05) is 0 Å². The number of H-pyrrole nitrogens is 1. The molecule has 0 spiro atoms. The zero-order chi connectivity index (χ0) is 16.3. The zero-order valence-corrected chi connectivity index (χ0v) is 15.7. The Labute approximate surface area is 149 Å². The van der Waals surface area contributed by atoms with Gasteiger partial charge in [-0.2, -0.15) is 14.9 Å². The molecule has 0 unspecified atom stereocenters. The third-order valence-electron chi connectivity index (χ3n) is 2.98. The molecular weight excluding hydrogens is 436 g/mol. The molecular formula is C13H14Br2N4O2S. The number of unbranched alkanes of at least 4 members (excludes halogenated alkanes) is 1. The first-order valence-corrected chi connectivity index (χ1v) is 8.55. The lowest BCUT2D eigenvalue weighted by Crippen LogP contribution is -1.99. The summed E-state index contributed by atoms with van der Waals surface area (Å²) >= 11 is 11.5. The molecule has 1 aromatic carbocycles. The fraction of sp³-hybridized carbons (Fsp3) is 0.308. The lowest BCUT2D eigenvalue weighted by atomic mass is 10.2. The minimum Gasteiger partial charge on any atom is -0.506 e. The van der Waals surface area contributed by atoms with Crippen LogP contribution in [0.2, 0.25) is 0 Å². The van der Waals surface area contributed by atoms with Crippen molar-refractivity contribution in [3.05, 3.63) is 31.2 Å². The molecule has 0 saturated carbocycles. The molecule has 0 fully saturated rings. The van der Waals surface area contributed by atoms with E-state index in [1.165, 1.54) is 10.9 Å². The predicted octanol–water partition coefficient (Wildman–Crippen LogP) is 4.10. The normalized spacial score (nSPS) is 11.4. The lowest BCUT2D eigenvalue weighted by molar-refractivity contribution is 0.441. The molecule has 0 bridgehead atoms. The molecule has 2 rings (SSSR count). The van der Waals surface area contributed by atoms with E-state index in [9.17, 15) is 10.2 Å². The van der Waals surface area contributed by atoms with Gasteiger partial charge in [-0.15, -0.1) is 0 Å². The van der Waals surface area contributed by atoms with Crippen molar-refractivity contribution in [2.45, 2.75) is 26.2 Å². The summed E-state index contributed by atoms with van der Waals surface area (Å²) in [6, 6.07) is 1.56. The Morgan fingerprint density at radius 2 is 2.14 bits per heavy atom. The van der Waals surface area contributed by atoms with Crippen LogP contribution in [0.3, 0.4) is 0 Å². The number of aryl methyl sites for hydroxylation is 1. The molecule has 6 nitrogen and oxygen atoms in total. The highest BCUT2D eigenvalue weighted by Gasteiger charge is 2.13. The Kier molecular flexibility index (Phi) is 5.76. The maximum absolute atomic E-state index is 10.0. The number of phenolic OH excluding ortho intramolecular Hbond substituents is 2. The average Bonchev–Trinajstić information content (AvgIpc) is 2.85. The van der Waals surface area contributed by atoms with E-state index >= 15 is 0 Å². The second-order valence-corrected chi connectivity index (χ2v) is 6.60. The highest BCUT2D eigenvalue weighted by atomic mass is 79.9. The maximum atomic E-state index is 10.0. The summed E-state index contributed by atoms with van der Waals surface area (Å²) in [5.74, 6) is 0.562. The topological polar surface area (TPSA) is 86.4 Å². The Morgan fingerprint density at radius 1 is 1.41 bits per heavy atom. The number of aromatic hydroxyl groups is 2. The number of phenols is 2. The SMILES string of the molecule is CCCCc1n[nH]c(=S)n1/N=C\c1cc(Br)c(O)c(Br)c1O. The number of nitrogens with one attached hydrogen (secondary N) is 1. The minimum atomic E-state index is -0.102. The maximum Gasteiger partial charge on any atom is 0.216 e. The van der Waals surface area contributed by atoms with Crippen LogP contribution in [0.4, 0.5) is 0 Å². The van der Waals surface area contributed by atoms with Crippen LogP contribution in [0.25, 0.3) is 0 Å². The monoisotopic (exact) mass is 448 g/mol. The van der Waals surface area contributed by atoms with E-state index in [1.54, 1.807) is 6.07 Å². The third-order valence-corrected chi connectivity index (χ3v) is 4.60. The summed E-state index contributed by atoms with van der Waals surface area (Å²) in [5.41, 5.74) is 0.432. The average molecular weight is 450 g/mol. The van der Waals surface area contributed by atoms with Crippen molar-refractivity contribution in [1.29, 1.82) is 0 Å². The first-order chi connectivity index (χ1) is 10.5. The van der Waals surface area contributed by atoms with E-state index < -0.39 is 0 Å². The van der Waals surface area contributed by atoms with E-state index in [-0.39, 0.29) is 16.0 Å². The summed E-state index contributed by atoms with van der Waals surface area (Å²) in [5, 5.41) is 30.9. The van der Waals surface area contributed by atoms with Crippen molar-refractivity contribution in [3.8, 4) is 11.5 Å². The number of hydrogen-bond acceptors (Lipinski definition) is 5. The molecule has 0 radical (unpaired) electrons. The molecule has 118 valence electrons. The molecule has 0 aliphatic rings. The van der Waals surface area contributed by atoms with Crippen LogP contribution in [-0.2, 0) is 6.42 Å². The number of aromatic nitrogens is 3. The molecule has 9 heteroatoms. The van der Waals surface area contributed by atoms with Crippen molar-refractivity contribution >= 4 is 50.3 Å². The number of hydrogen-bond donors (Lipinski definition) is 3. The second-order valence-electron chi connectivity index (χ2n) is 4.56. The van der Waals surface area contributed by atoms with E-state index in [0.29, 0.717) is 14.8 Å². The van der Waals surface area contributed by atoms with Gasteiger partial charge in [-0.3, -0.25) is 5.10 Å². The molecule has 0 saturated heterocycles. The molecule has 1 heterocycles. The molecule has 3 N–H and O–H groups in total. The summed E-state index contributed by atoms with van der Waals surface area (Å²) in [4.78, 5) is 0. The van der Waals surface area contributed by atoms with Crippen molar-refractivity contribution in [1.82, 2.24) is 14.9 Å². The third kappa shape index (κ3) is 3.58. The first-order valence-electron chi connectivity index (χ1n) is 6.56. The molecule has 22 heavy (non-hydrogen) atoms. The van der Waals surface area contributed by atoms with E-state index in [4.69, 9.17) is 12.2 Å². The Morgan fingerprint density at radius 3 is 2.82 bits per heavy atom. The lowest BCUT2D eigenvalue weighted by Gasteiger charge is -2.06. The van der Waals surface area contributed by atoms with Crippen LogP contribution in [0.1, 0.15) is 31.2 Å².